The number of amides is 1. The van der Waals surface area contributed by atoms with Crippen LogP contribution in [0.1, 0.15) is 5.56 Å². The van der Waals surface area contributed by atoms with Gasteiger partial charge < -0.3 is 14.7 Å². The molecule has 2 heterocycles. The molecule has 0 spiro atoms. The molecule has 4 rings (SSSR count). The molecule has 6 nitrogen and oxygen atoms in total. The lowest BCUT2D eigenvalue weighted by molar-refractivity contribution is -0.149. The summed E-state index contributed by atoms with van der Waals surface area (Å²) in [7, 11) is 1.48. The Bertz CT molecular complexity index is 883. The molecule has 2 saturated heterocycles. The van der Waals surface area contributed by atoms with Crippen LogP contribution >= 0.6 is 0 Å². The van der Waals surface area contributed by atoms with Gasteiger partial charge >= 0.3 is 5.97 Å². The number of carboxylic acid groups (broad SMARTS) is 1. The number of carbonyl (C=O) groups excluding carboxylic acids is 1. The fourth-order valence-corrected chi connectivity index (χ4v) is 4.59. The zero-order valence-electron chi connectivity index (χ0n) is 15.4. The van der Waals surface area contributed by atoms with E-state index in [0.717, 1.165) is 6.54 Å². The van der Waals surface area contributed by atoms with Crippen LogP contribution in [0.5, 0.6) is 0 Å². The molecule has 0 aliphatic carbocycles. The molecule has 1 N–H and O–H groups in total. The number of methoxy groups -OCH3 is 1. The minimum absolute atomic E-state index is 0.00320. The maximum atomic E-state index is 12.1. The summed E-state index contributed by atoms with van der Waals surface area (Å²) in [5.74, 6) is -0.980. The van der Waals surface area contributed by atoms with Gasteiger partial charge in [-0.3, -0.25) is 14.5 Å². The molecule has 0 radical (unpaired) electrons. The molecule has 2 fully saturated rings. The van der Waals surface area contributed by atoms with Crippen molar-refractivity contribution in [2.24, 2.45) is 11.3 Å². The summed E-state index contributed by atoms with van der Waals surface area (Å²) in [4.78, 5) is 28.1. The first kappa shape index (κ1) is 17.9. The van der Waals surface area contributed by atoms with Crippen molar-refractivity contribution in [2.75, 3.05) is 39.9 Å². The SMILES string of the molecule is COCC(=O)N1C[C@@H]2CN(Cc3ccc4ccccc4c3)C[C@]2(C(=O)O)C1. The average molecular weight is 368 g/mol. The van der Waals surface area contributed by atoms with Gasteiger partial charge in [0.05, 0.1) is 0 Å². The van der Waals surface area contributed by atoms with E-state index in [-0.39, 0.29) is 25.0 Å². The number of aliphatic carboxylic acids is 1. The molecule has 0 saturated carbocycles. The third-order valence-electron chi connectivity index (χ3n) is 5.95. The van der Waals surface area contributed by atoms with Gasteiger partial charge in [0.1, 0.15) is 12.0 Å². The Balaban J connectivity index is 1.49. The summed E-state index contributed by atoms with van der Waals surface area (Å²) in [5, 5.41) is 12.3. The summed E-state index contributed by atoms with van der Waals surface area (Å²) in [6, 6.07) is 14.6. The summed E-state index contributed by atoms with van der Waals surface area (Å²) < 4.78 is 4.92. The maximum absolute atomic E-state index is 12.1. The van der Waals surface area contributed by atoms with E-state index in [0.29, 0.717) is 19.6 Å². The molecule has 6 heteroatoms. The standard InChI is InChI=1S/C21H24N2O4/c1-27-12-19(24)23-11-18-10-22(13-21(18,14-23)20(25)26)9-15-6-7-16-4-2-3-5-17(16)8-15/h2-8,18H,9-14H2,1H3,(H,25,26)/t18-,21-/m0/s1. The largest absolute Gasteiger partial charge is 0.481 e. The van der Waals surface area contributed by atoms with E-state index in [1.54, 1.807) is 4.90 Å². The van der Waals surface area contributed by atoms with Gasteiger partial charge in [-0.2, -0.15) is 0 Å². The van der Waals surface area contributed by atoms with Gasteiger partial charge in [0.2, 0.25) is 5.91 Å². The van der Waals surface area contributed by atoms with E-state index in [1.807, 2.05) is 12.1 Å². The van der Waals surface area contributed by atoms with Crippen molar-refractivity contribution in [3.63, 3.8) is 0 Å². The molecule has 0 bridgehead atoms. The lowest BCUT2D eigenvalue weighted by Gasteiger charge is -2.25. The molecule has 0 aromatic heterocycles. The van der Waals surface area contributed by atoms with Crippen LogP contribution in [0.25, 0.3) is 10.8 Å². The molecule has 2 aromatic carbocycles. The van der Waals surface area contributed by atoms with Gasteiger partial charge in [-0.1, -0.05) is 36.4 Å². The van der Waals surface area contributed by atoms with Crippen LogP contribution in [0.3, 0.4) is 0 Å². The fraction of sp³-hybridized carbons (Fsp3) is 0.429. The fourth-order valence-electron chi connectivity index (χ4n) is 4.59. The topological polar surface area (TPSA) is 70.1 Å². The number of carbonyl (C=O) groups is 2. The normalized spacial score (nSPS) is 25.1. The second-order valence-corrected chi connectivity index (χ2v) is 7.72. The third kappa shape index (κ3) is 3.19. The van der Waals surface area contributed by atoms with Crippen LogP contribution in [0.2, 0.25) is 0 Å². The van der Waals surface area contributed by atoms with Crippen molar-refractivity contribution in [1.82, 2.24) is 9.80 Å². The van der Waals surface area contributed by atoms with Crippen molar-refractivity contribution in [3.8, 4) is 0 Å². The van der Waals surface area contributed by atoms with E-state index in [9.17, 15) is 14.7 Å². The number of ether oxygens (including phenoxy) is 1. The number of carboxylic acids is 1. The Hall–Kier alpha value is -2.44. The van der Waals surface area contributed by atoms with Gasteiger partial charge in [0.15, 0.2) is 0 Å². The zero-order chi connectivity index (χ0) is 19.0. The smallest absolute Gasteiger partial charge is 0.313 e. The van der Waals surface area contributed by atoms with Gasteiger partial charge in [-0.15, -0.1) is 0 Å². The summed E-state index contributed by atoms with van der Waals surface area (Å²) in [5.41, 5.74) is 0.307. The van der Waals surface area contributed by atoms with Crippen molar-refractivity contribution >= 4 is 22.6 Å². The number of nitrogens with zero attached hydrogens (tertiary/aromatic N) is 2. The molecular weight excluding hydrogens is 344 g/mol. The van der Waals surface area contributed by atoms with Crippen LogP contribution in [-0.4, -0.2) is 66.7 Å². The first-order valence-corrected chi connectivity index (χ1v) is 9.22. The predicted molar refractivity (Wildman–Crippen MR) is 101 cm³/mol. The van der Waals surface area contributed by atoms with Crippen molar-refractivity contribution in [3.05, 3.63) is 48.0 Å². The summed E-state index contributed by atoms with van der Waals surface area (Å²) >= 11 is 0. The van der Waals surface area contributed by atoms with Crippen LogP contribution in [0.15, 0.2) is 42.5 Å². The molecule has 0 unspecified atom stereocenters. The highest BCUT2D eigenvalue weighted by atomic mass is 16.5. The molecule has 2 aliphatic rings. The van der Waals surface area contributed by atoms with E-state index in [4.69, 9.17) is 4.74 Å². The quantitative estimate of drug-likeness (QED) is 0.872. The van der Waals surface area contributed by atoms with Gasteiger partial charge in [-0.05, 0) is 22.4 Å². The number of fused-ring (bicyclic) bond motifs is 2. The molecule has 2 aromatic rings. The number of hydrogen-bond acceptors (Lipinski definition) is 4. The minimum atomic E-state index is -0.875. The van der Waals surface area contributed by atoms with Gasteiger partial charge in [-0.25, -0.2) is 0 Å². The van der Waals surface area contributed by atoms with Crippen molar-refractivity contribution in [1.29, 1.82) is 0 Å². The highest BCUT2D eigenvalue weighted by Crippen LogP contribution is 2.43. The van der Waals surface area contributed by atoms with E-state index in [1.165, 1.54) is 23.4 Å². The Kier molecular flexibility index (Phi) is 4.61. The number of benzene rings is 2. The Morgan fingerprint density at radius 1 is 1.15 bits per heavy atom. The second kappa shape index (κ2) is 6.94. The Labute approximate surface area is 158 Å². The van der Waals surface area contributed by atoms with Crippen molar-refractivity contribution in [2.45, 2.75) is 6.54 Å². The predicted octanol–water partition coefficient (Wildman–Crippen LogP) is 1.83. The zero-order valence-corrected chi connectivity index (χ0v) is 15.4. The van der Waals surface area contributed by atoms with Gasteiger partial charge in [0.25, 0.3) is 0 Å². The average Bonchev–Trinajstić information content (AvgIpc) is 3.17. The number of rotatable bonds is 5. The summed E-state index contributed by atoms with van der Waals surface area (Å²) in [6.45, 7) is 2.64. The Morgan fingerprint density at radius 2 is 1.93 bits per heavy atom. The Morgan fingerprint density at radius 3 is 2.63 bits per heavy atom. The van der Waals surface area contributed by atoms with Gasteiger partial charge in [0, 0.05) is 45.8 Å². The number of hydrogen-bond donors (Lipinski definition) is 1. The lowest BCUT2D eigenvalue weighted by atomic mass is 9.81. The monoisotopic (exact) mass is 368 g/mol. The first-order valence-electron chi connectivity index (χ1n) is 9.22. The van der Waals surface area contributed by atoms with Crippen LogP contribution < -0.4 is 0 Å². The molecule has 142 valence electrons. The van der Waals surface area contributed by atoms with Crippen LogP contribution in [0.4, 0.5) is 0 Å². The molecular formula is C21H24N2O4. The molecule has 2 atom stereocenters. The second-order valence-electron chi connectivity index (χ2n) is 7.72. The van der Waals surface area contributed by atoms with Crippen LogP contribution in [-0.2, 0) is 20.9 Å². The minimum Gasteiger partial charge on any atom is -0.481 e. The number of likely N-dealkylation sites (tertiary alicyclic amines) is 2. The summed E-state index contributed by atoms with van der Waals surface area (Å²) in [6.07, 6.45) is 0. The molecule has 27 heavy (non-hydrogen) atoms. The highest BCUT2D eigenvalue weighted by molar-refractivity contribution is 5.83. The van der Waals surface area contributed by atoms with E-state index >= 15 is 0 Å². The van der Waals surface area contributed by atoms with Crippen LogP contribution in [0, 0.1) is 11.3 Å². The highest BCUT2D eigenvalue weighted by Gasteiger charge is 2.58. The molecule has 1 amide bonds. The maximum Gasteiger partial charge on any atom is 0.313 e. The third-order valence-corrected chi connectivity index (χ3v) is 5.95. The van der Waals surface area contributed by atoms with Crippen molar-refractivity contribution < 1.29 is 19.4 Å². The lowest BCUT2D eigenvalue weighted by Crippen LogP contribution is -2.42. The molecule has 2 aliphatic heterocycles. The van der Waals surface area contributed by atoms with E-state index < -0.39 is 11.4 Å². The first-order chi connectivity index (χ1) is 13.0. The van der Waals surface area contributed by atoms with E-state index in [2.05, 4.69) is 35.2 Å².